The zero-order chi connectivity index (χ0) is 6.69. The quantitative estimate of drug-likeness (QED) is 0.592. The van der Waals surface area contributed by atoms with Crippen molar-refractivity contribution < 1.29 is 4.74 Å². The maximum Gasteiger partial charge on any atom is 0.115 e. The first-order valence-electron chi connectivity index (χ1n) is 3.00. The van der Waals surface area contributed by atoms with Crippen LogP contribution in [0.25, 0.3) is 0 Å². The van der Waals surface area contributed by atoms with Crippen molar-refractivity contribution >= 4 is 0 Å². The summed E-state index contributed by atoms with van der Waals surface area (Å²) in [5, 5.41) is 0. The molecule has 0 amide bonds. The molecular weight excluding hydrogens is 114 g/mol. The summed E-state index contributed by atoms with van der Waals surface area (Å²) < 4.78 is 4.97. The van der Waals surface area contributed by atoms with Gasteiger partial charge in [0.1, 0.15) is 5.76 Å². The Kier molecular flexibility index (Phi) is 1.90. The molecule has 0 heterocycles. The van der Waals surface area contributed by atoms with E-state index in [9.17, 15) is 0 Å². The first-order valence-corrected chi connectivity index (χ1v) is 3.00. The van der Waals surface area contributed by atoms with Crippen LogP contribution >= 0.6 is 0 Å². The van der Waals surface area contributed by atoms with Crippen LogP contribution in [0, 0.1) is 0 Å². The number of methoxy groups -OCH3 is 1. The van der Waals surface area contributed by atoms with Crippen molar-refractivity contribution in [2.24, 2.45) is 5.73 Å². The van der Waals surface area contributed by atoms with E-state index in [-0.39, 0.29) is 0 Å². The van der Waals surface area contributed by atoms with Gasteiger partial charge in [0.2, 0.25) is 0 Å². The third kappa shape index (κ3) is 1.33. The summed E-state index contributed by atoms with van der Waals surface area (Å²) in [6.07, 6.45) is 4.97. The topological polar surface area (TPSA) is 35.2 Å². The maximum atomic E-state index is 5.39. The van der Waals surface area contributed by atoms with E-state index in [1.165, 1.54) is 5.57 Å². The van der Waals surface area contributed by atoms with Gasteiger partial charge in [-0.1, -0.05) is 0 Å². The molecule has 1 aliphatic carbocycles. The van der Waals surface area contributed by atoms with Crippen molar-refractivity contribution in [3.63, 3.8) is 0 Å². The Morgan fingerprint density at radius 2 is 2.56 bits per heavy atom. The molecule has 0 atom stereocenters. The summed E-state index contributed by atoms with van der Waals surface area (Å²) in [7, 11) is 1.67. The normalized spacial score (nSPS) is 17.1. The SMILES string of the molecule is COC1=CCC(CN)=C1. The highest BCUT2D eigenvalue weighted by Crippen LogP contribution is 2.15. The van der Waals surface area contributed by atoms with Gasteiger partial charge >= 0.3 is 0 Å². The van der Waals surface area contributed by atoms with E-state index < -0.39 is 0 Å². The Balaban J connectivity index is 2.52. The molecule has 1 rings (SSSR count). The minimum atomic E-state index is 0.642. The fraction of sp³-hybridized carbons (Fsp3) is 0.429. The second-order valence-corrected chi connectivity index (χ2v) is 2.02. The summed E-state index contributed by atoms with van der Waals surface area (Å²) in [5.41, 5.74) is 6.64. The average Bonchev–Trinajstić information content (AvgIpc) is 2.34. The van der Waals surface area contributed by atoms with E-state index in [1.54, 1.807) is 7.11 Å². The van der Waals surface area contributed by atoms with Crippen molar-refractivity contribution in [3.05, 3.63) is 23.5 Å². The number of allylic oxidation sites excluding steroid dienone is 2. The van der Waals surface area contributed by atoms with Gasteiger partial charge in [-0.05, 0) is 24.1 Å². The highest BCUT2D eigenvalue weighted by Gasteiger charge is 2.02. The summed E-state index contributed by atoms with van der Waals surface area (Å²) in [6, 6.07) is 0. The Hall–Kier alpha value is -0.760. The molecule has 1 aliphatic rings. The van der Waals surface area contributed by atoms with Crippen LogP contribution in [0.1, 0.15) is 6.42 Å². The Morgan fingerprint density at radius 1 is 1.78 bits per heavy atom. The molecule has 2 nitrogen and oxygen atoms in total. The van der Waals surface area contributed by atoms with Gasteiger partial charge in [-0.25, -0.2) is 0 Å². The molecule has 0 unspecified atom stereocenters. The molecule has 50 valence electrons. The van der Waals surface area contributed by atoms with E-state index in [4.69, 9.17) is 10.5 Å². The molecule has 9 heavy (non-hydrogen) atoms. The van der Waals surface area contributed by atoms with E-state index in [0.717, 1.165) is 12.2 Å². The lowest BCUT2D eigenvalue weighted by atomic mass is 10.2. The van der Waals surface area contributed by atoms with E-state index in [2.05, 4.69) is 0 Å². The molecule has 0 saturated heterocycles. The van der Waals surface area contributed by atoms with Crippen LogP contribution in [0.15, 0.2) is 23.5 Å². The Bertz CT molecular complexity index is 158. The summed E-state index contributed by atoms with van der Waals surface area (Å²) in [6.45, 7) is 0.642. The van der Waals surface area contributed by atoms with Crippen LogP contribution in [-0.2, 0) is 4.74 Å². The third-order valence-corrected chi connectivity index (χ3v) is 1.41. The minimum absolute atomic E-state index is 0.642. The number of hydrogen-bond donors (Lipinski definition) is 1. The van der Waals surface area contributed by atoms with Crippen LogP contribution in [0.4, 0.5) is 0 Å². The first kappa shape index (κ1) is 6.36. The maximum absolute atomic E-state index is 5.39. The standard InChI is InChI=1S/C7H11NO/c1-9-7-3-2-6(4-7)5-8/h3-4H,2,5,8H2,1H3. The van der Waals surface area contributed by atoms with Gasteiger partial charge in [-0.15, -0.1) is 0 Å². The fourth-order valence-corrected chi connectivity index (χ4v) is 0.835. The fourth-order valence-electron chi connectivity index (χ4n) is 0.835. The lowest BCUT2D eigenvalue weighted by Crippen LogP contribution is -2.00. The van der Waals surface area contributed by atoms with Gasteiger partial charge < -0.3 is 10.5 Å². The smallest absolute Gasteiger partial charge is 0.115 e. The molecule has 0 aromatic heterocycles. The molecule has 0 aromatic rings. The van der Waals surface area contributed by atoms with E-state index in [0.29, 0.717) is 6.54 Å². The van der Waals surface area contributed by atoms with Crippen LogP contribution in [0.5, 0.6) is 0 Å². The molecule has 0 bridgehead atoms. The highest BCUT2D eigenvalue weighted by molar-refractivity contribution is 5.28. The third-order valence-electron chi connectivity index (χ3n) is 1.41. The van der Waals surface area contributed by atoms with E-state index >= 15 is 0 Å². The second kappa shape index (κ2) is 2.69. The van der Waals surface area contributed by atoms with E-state index in [1.807, 2.05) is 12.2 Å². The summed E-state index contributed by atoms with van der Waals surface area (Å²) in [4.78, 5) is 0. The number of rotatable bonds is 2. The second-order valence-electron chi connectivity index (χ2n) is 2.02. The van der Waals surface area contributed by atoms with Crippen molar-refractivity contribution in [2.75, 3.05) is 13.7 Å². The number of hydrogen-bond acceptors (Lipinski definition) is 2. The Morgan fingerprint density at radius 3 is 2.89 bits per heavy atom. The summed E-state index contributed by atoms with van der Waals surface area (Å²) >= 11 is 0. The summed E-state index contributed by atoms with van der Waals surface area (Å²) in [5.74, 6) is 0.940. The predicted octanol–water partition coefficient (Wildman–Crippen LogP) is 0.806. The highest BCUT2D eigenvalue weighted by atomic mass is 16.5. The molecule has 0 aliphatic heterocycles. The molecule has 0 saturated carbocycles. The Labute approximate surface area is 55.0 Å². The lowest BCUT2D eigenvalue weighted by Gasteiger charge is -1.93. The van der Waals surface area contributed by atoms with Crippen molar-refractivity contribution in [3.8, 4) is 0 Å². The van der Waals surface area contributed by atoms with Gasteiger partial charge in [0.15, 0.2) is 0 Å². The predicted molar refractivity (Wildman–Crippen MR) is 36.8 cm³/mol. The van der Waals surface area contributed by atoms with Gasteiger partial charge in [0.25, 0.3) is 0 Å². The molecule has 0 fully saturated rings. The number of nitrogens with two attached hydrogens (primary N) is 1. The molecule has 2 N–H and O–H groups in total. The number of ether oxygens (including phenoxy) is 1. The zero-order valence-corrected chi connectivity index (χ0v) is 5.55. The van der Waals surface area contributed by atoms with Crippen LogP contribution in [0.2, 0.25) is 0 Å². The van der Waals surface area contributed by atoms with Crippen LogP contribution in [-0.4, -0.2) is 13.7 Å². The lowest BCUT2D eigenvalue weighted by molar-refractivity contribution is 0.307. The molecular formula is C7H11NO. The molecule has 0 radical (unpaired) electrons. The zero-order valence-electron chi connectivity index (χ0n) is 5.55. The first-order chi connectivity index (χ1) is 4.36. The van der Waals surface area contributed by atoms with Gasteiger partial charge in [0, 0.05) is 6.54 Å². The monoisotopic (exact) mass is 125 g/mol. The minimum Gasteiger partial charge on any atom is -0.497 e. The molecule has 2 heteroatoms. The molecule has 0 aromatic carbocycles. The molecule has 0 spiro atoms. The van der Waals surface area contributed by atoms with Gasteiger partial charge in [-0.3, -0.25) is 0 Å². The largest absolute Gasteiger partial charge is 0.497 e. The van der Waals surface area contributed by atoms with Crippen LogP contribution < -0.4 is 5.73 Å². The van der Waals surface area contributed by atoms with Gasteiger partial charge in [0.05, 0.1) is 7.11 Å². The average molecular weight is 125 g/mol. The van der Waals surface area contributed by atoms with Crippen molar-refractivity contribution in [2.45, 2.75) is 6.42 Å². The van der Waals surface area contributed by atoms with Crippen LogP contribution in [0.3, 0.4) is 0 Å². The van der Waals surface area contributed by atoms with Gasteiger partial charge in [-0.2, -0.15) is 0 Å². The van der Waals surface area contributed by atoms with Crippen molar-refractivity contribution in [1.29, 1.82) is 0 Å². The van der Waals surface area contributed by atoms with Crippen molar-refractivity contribution in [1.82, 2.24) is 0 Å².